The Kier molecular flexibility index (Phi) is 7.64. The Labute approximate surface area is 126 Å². The summed E-state index contributed by atoms with van der Waals surface area (Å²) in [5.74, 6) is 1.33. The molecule has 1 aromatic carbocycles. The first-order valence-electron chi connectivity index (χ1n) is 5.80. The van der Waals surface area contributed by atoms with E-state index in [0.29, 0.717) is 5.92 Å². The van der Waals surface area contributed by atoms with Gasteiger partial charge in [-0.1, -0.05) is 41.4 Å². The average Bonchev–Trinajstić information content (AvgIpc) is 2.32. The lowest BCUT2D eigenvalue weighted by Crippen LogP contribution is -2.18. The number of benzene rings is 1. The SMILES string of the molecule is CC(CCCCBr)C(Br)Oc1ccccc1S. The van der Waals surface area contributed by atoms with Crippen molar-refractivity contribution >= 4 is 44.5 Å². The Morgan fingerprint density at radius 3 is 2.65 bits per heavy atom. The van der Waals surface area contributed by atoms with Crippen molar-refractivity contribution in [3.8, 4) is 5.75 Å². The maximum atomic E-state index is 5.87. The standard InChI is InChI=1S/C13H18Br2OS/c1-10(6-4-5-9-14)13(15)16-11-7-2-3-8-12(11)17/h2-3,7-8,10,13,17H,4-6,9H2,1H3. The highest BCUT2D eigenvalue weighted by atomic mass is 79.9. The minimum atomic E-state index is 0.0473. The van der Waals surface area contributed by atoms with Gasteiger partial charge in [0.2, 0.25) is 0 Å². The van der Waals surface area contributed by atoms with Crippen LogP contribution in [-0.4, -0.2) is 10.3 Å². The number of halogens is 2. The Morgan fingerprint density at radius 1 is 1.29 bits per heavy atom. The number of alkyl halides is 2. The highest BCUT2D eigenvalue weighted by Crippen LogP contribution is 2.27. The summed E-state index contributed by atoms with van der Waals surface area (Å²) in [6.45, 7) is 2.20. The minimum Gasteiger partial charge on any atom is -0.478 e. The molecule has 0 spiro atoms. The molecule has 96 valence electrons. The molecule has 2 atom stereocenters. The predicted molar refractivity (Wildman–Crippen MR) is 83.8 cm³/mol. The molecule has 1 nitrogen and oxygen atoms in total. The topological polar surface area (TPSA) is 9.23 Å². The molecule has 0 aliphatic heterocycles. The molecule has 0 saturated heterocycles. The lowest BCUT2D eigenvalue weighted by atomic mass is 10.1. The van der Waals surface area contributed by atoms with Crippen LogP contribution in [0.1, 0.15) is 26.2 Å². The third kappa shape index (κ3) is 5.66. The zero-order valence-corrected chi connectivity index (χ0v) is 14.0. The smallest absolute Gasteiger partial charge is 0.155 e. The van der Waals surface area contributed by atoms with Crippen LogP contribution in [0.3, 0.4) is 0 Å². The summed E-state index contributed by atoms with van der Waals surface area (Å²) >= 11 is 11.4. The fraction of sp³-hybridized carbons (Fsp3) is 0.538. The van der Waals surface area contributed by atoms with Gasteiger partial charge in [0.25, 0.3) is 0 Å². The molecule has 4 heteroatoms. The third-order valence-electron chi connectivity index (χ3n) is 2.60. The van der Waals surface area contributed by atoms with Gasteiger partial charge in [0, 0.05) is 16.1 Å². The van der Waals surface area contributed by atoms with E-state index in [2.05, 4.69) is 51.4 Å². The van der Waals surface area contributed by atoms with E-state index in [0.717, 1.165) is 22.4 Å². The van der Waals surface area contributed by atoms with E-state index in [1.807, 2.05) is 24.3 Å². The summed E-state index contributed by atoms with van der Waals surface area (Å²) in [6.07, 6.45) is 3.60. The van der Waals surface area contributed by atoms with E-state index in [-0.39, 0.29) is 5.01 Å². The highest BCUT2D eigenvalue weighted by Gasteiger charge is 2.16. The lowest BCUT2D eigenvalue weighted by molar-refractivity contribution is 0.218. The fourth-order valence-corrected chi connectivity index (χ4v) is 2.56. The van der Waals surface area contributed by atoms with Gasteiger partial charge in [0.1, 0.15) is 5.75 Å². The van der Waals surface area contributed by atoms with Gasteiger partial charge in [0.05, 0.1) is 0 Å². The van der Waals surface area contributed by atoms with Crippen LogP contribution in [0.5, 0.6) is 5.75 Å². The van der Waals surface area contributed by atoms with Gasteiger partial charge in [0.15, 0.2) is 5.01 Å². The summed E-state index contributed by atoms with van der Waals surface area (Å²) in [7, 11) is 0. The van der Waals surface area contributed by atoms with E-state index in [9.17, 15) is 0 Å². The van der Waals surface area contributed by atoms with Crippen molar-refractivity contribution in [2.45, 2.75) is 36.1 Å². The molecule has 0 bridgehead atoms. The van der Waals surface area contributed by atoms with E-state index < -0.39 is 0 Å². The minimum absolute atomic E-state index is 0.0473. The van der Waals surface area contributed by atoms with E-state index in [1.165, 1.54) is 12.8 Å². The molecule has 0 heterocycles. The summed E-state index contributed by atoms with van der Waals surface area (Å²) < 4.78 is 5.87. The second-order valence-electron chi connectivity index (χ2n) is 4.10. The van der Waals surface area contributed by atoms with Crippen molar-refractivity contribution in [3.63, 3.8) is 0 Å². The maximum absolute atomic E-state index is 5.87. The van der Waals surface area contributed by atoms with E-state index in [4.69, 9.17) is 4.74 Å². The summed E-state index contributed by atoms with van der Waals surface area (Å²) in [6, 6.07) is 7.80. The maximum Gasteiger partial charge on any atom is 0.155 e. The van der Waals surface area contributed by atoms with Gasteiger partial charge in [-0.2, -0.15) is 0 Å². The first-order valence-corrected chi connectivity index (χ1v) is 8.28. The molecule has 0 N–H and O–H groups in total. The molecule has 0 amide bonds. The molecule has 0 aliphatic rings. The molecule has 1 aromatic rings. The Balaban J connectivity index is 2.43. The monoisotopic (exact) mass is 380 g/mol. The fourth-order valence-electron chi connectivity index (χ4n) is 1.49. The number of hydrogen-bond donors (Lipinski definition) is 1. The van der Waals surface area contributed by atoms with Gasteiger partial charge < -0.3 is 4.74 Å². The van der Waals surface area contributed by atoms with Crippen LogP contribution in [0, 0.1) is 5.92 Å². The molecule has 0 saturated carbocycles. The van der Waals surface area contributed by atoms with Crippen LogP contribution >= 0.6 is 44.5 Å². The highest BCUT2D eigenvalue weighted by molar-refractivity contribution is 9.09. The van der Waals surface area contributed by atoms with Crippen molar-refractivity contribution in [3.05, 3.63) is 24.3 Å². The molecule has 0 aliphatic carbocycles. The van der Waals surface area contributed by atoms with Crippen LogP contribution < -0.4 is 4.74 Å². The number of rotatable bonds is 7. The van der Waals surface area contributed by atoms with Crippen molar-refractivity contribution in [1.82, 2.24) is 0 Å². The molecule has 0 aromatic heterocycles. The average molecular weight is 382 g/mol. The molecular formula is C13H18Br2OS. The number of hydrogen-bond acceptors (Lipinski definition) is 2. The second kappa shape index (κ2) is 8.44. The molecule has 1 rings (SSSR count). The Morgan fingerprint density at radius 2 is 2.00 bits per heavy atom. The van der Waals surface area contributed by atoms with Gasteiger partial charge >= 0.3 is 0 Å². The summed E-state index contributed by atoms with van der Waals surface area (Å²) in [4.78, 5) is 0.879. The molecular weight excluding hydrogens is 364 g/mol. The first kappa shape index (κ1) is 15.4. The zero-order valence-electron chi connectivity index (χ0n) is 9.90. The first-order chi connectivity index (χ1) is 8.15. The van der Waals surface area contributed by atoms with Gasteiger partial charge in [-0.3, -0.25) is 0 Å². The van der Waals surface area contributed by atoms with Crippen LogP contribution in [0.4, 0.5) is 0 Å². The summed E-state index contributed by atoms with van der Waals surface area (Å²) in [5.41, 5.74) is 0. The van der Waals surface area contributed by atoms with Crippen LogP contribution in [0.2, 0.25) is 0 Å². The van der Waals surface area contributed by atoms with Gasteiger partial charge in [-0.25, -0.2) is 0 Å². The van der Waals surface area contributed by atoms with Gasteiger partial charge in [-0.15, -0.1) is 12.6 Å². The third-order valence-corrected chi connectivity index (χ3v) is 4.61. The number of ether oxygens (including phenoxy) is 1. The van der Waals surface area contributed by atoms with Crippen molar-refractivity contribution < 1.29 is 4.74 Å². The number of thiol groups is 1. The molecule has 0 radical (unpaired) electrons. The number of para-hydroxylation sites is 1. The van der Waals surface area contributed by atoms with E-state index in [1.54, 1.807) is 0 Å². The quantitative estimate of drug-likeness (QED) is 0.384. The largest absolute Gasteiger partial charge is 0.478 e. The van der Waals surface area contributed by atoms with Crippen LogP contribution in [0.25, 0.3) is 0 Å². The Hall–Kier alpha value is 0.330. The second-order valence-corrected chi connectivity index (χ2v) is 6.28. The van der Waals surface area contributed by atoms with Crippen molar-refractivity contribution in [2.75, 3.05) is 5.33 Å². The van der Waals surface area contributed by atoms with Crippen molar-refractivity contribution in [2.24, 2.45) is 5.92 Å². The van der Waals surface area contributed by atoms with Crippen molar-refractivity contribution in [1.29, 1.82) is 0 Å². The molecule has 17 heavy (non-hydrogen) atoms. The lowest BCUT2D eigenvalue weighted by Gasteiger charge is -2.20. The van der Waals surface area contributed by atoms with Crippen LogP contribution in [0.15, 0.2) is 29.2 Å². The molecule has 2 unspecified atom stereocenters. The predicted octanol–water partition coefficient (Wildman–Crippen LogP) is 5.28. The van der Waals surface area contributed by atoms with Crippen LogP contribution in [-0.2, 0) is 0 Å². The van der Waals surface area contributed by atoms with Gasteiger partial charge in [-0.05, 0) is 40.9 Å². The zero-order chi connectivity index (χ0) is 12.7. The Bertz CT molecular complexity index is 333. The summed E-state index contributed by atoms with van der Waals surface area (Å²) in [5, 5.41) is 1.12. The van der Waals surface area contributed by atoms with E-state index >= 15 is 0 Å². The number of unbranched alkanes of at least 4 members (excludes halogenated alkanes) is 1. The molecule has 0 fully saturated rings. The normalized spacial score (nSPS) is 14.4.